The first kappa shape index (κ1) is 52.3. The van der Waals surface area contributed by atoms with Crippen LogP contribution in [0.25, 0.3) is 44.8 Å². The van der Waals surface area contributed by atoms with E-state index in [4.69, 9.17) is 5.73 Å². The maximum absolute atomic E-state index is 13.1. The van der Waals surface area contributed by atoms with Crippen LogP contribution in [-0.2, 0) is 32.9 Å². The summed E-state index contributed by atoms with van der Waals surface area (Å²) in [4.78, 5) is 58.8. The van der Waals surface area contributed by atoms with Gasteiger partial charge in [-0.15, -0.1) is 0 Å². The molecule has 0 saturated heterocycles. The highest BCUT2D eigenvalue weighted by molar-refractivity contribution is 9.10. The molecule has 380 valence electrons. The third-order valence-corrected chi connectivity index (χ3v) is 12.0. The highest BCUT2D eigenvalue weighted by atomic mass is 79.9. The maximum atomic E-state index is 13.1. The van der Waals surface area contributed by atoms with Gasteiger partial charge in [0, 0.05) is 72.3 Å². The van der Waals surface area contributed by atoms with Crippen molar-refractivity contribution < 1.29 is 35.9 Å². The van der Waals surface area contributed by atoms with Gasteiger partial charge < -0.3 is 16.4 Å². The van der Waals surface area contributed by atoms with Crippen molar-refractivity contribution in [3.63, 3.8) is 0 Å². The van der Waals surface area contributed by atoms with Crippen LogP contribution in [0.4, 0.5) is 49.4 Å². The number of nitrogen functional groups attached to an aromatic ring is 1. The number of Topliss-reactive ketones (excluding diaryl/α,β-unsaturated/α-hetero) is 1. The molecule has 17 nitrogen and oxygen atoms in total. The van der Waals surface area contributed by atoms with E-state index in [2.05, 4.69) is 76.6 Å². The number of carbonyl (C=O) groups is 2. The standard InChI is InChI=1S/C26H20F3N7O.C15H11BrF3NO.C10H9N7/c1-15-6-7-17(22(37)9-16-4-3-5-19(8-16)26(27,28)29)10-21(15)33-24-20-13-32-36(2)25(20)35-23(34-24)18-11-30-14-31-12-18;1-9-5-6-10(7-13(9)16)14(21)20-12-4-2-3-11(8-12)15(17,18)19;1-17-10-7(4-14-17)8(11)15-9(16-10)6-2-12-5-13-3-6/h3-8,10-14H,9H2,1-2H3,(H,33,34,35);2-8H,1H3,(H,20,21);2-5H,1H3,(H2,11,15,16). The van der Waals surface area contributed by atoms with Crippen molar-refractivity contribution in [2.24, 2.45) is 14.1 Å². The SMILES string of the molecule is Cc1ccc(C(=O)Cc2cccc(C(F)(F)F)c2)cc1Nc1nc(-c2cncnc2)nc2c1cnn2C.Cc1ccc(C(=O)Nc2cccc(C(F)(F)F)c2)cc1Br.Cn1ncc2c(N)nc(-c3cncnc3)nc21. The number of nitrogens with one attached hydrogen (secondary N) is 2. The fourth-order valence-electron chi connectivity index (χ4n) is 7.16. The van der Waals surface area contributed by atoms with Gasteiger partial charge in [0.1, 0.15) is 24.3 Å². The van der Waals surface area contributed by atoms with Crippen LogP contribution in [0.1, 0.15) is 48.5 Å². The topological polar surface area (TPSA) is 223 Å². The van der Waals surface area contributed by atoms with Crippen molar-refractivity contribution in [3.8, 4) is 22.8 Å². The number of rotatable bonds is 9. The molecule has 10 rings (SSSR count). The molecule has 0 unspecified atom stereocenters. The summed E-state index contributed by atoms with van der Waals surface area (Å²) in [6, 6.07) is 19.4. The number of benzene rings is 4. The zero-order valence-electron chi connectivity index (χ0n) is 39.8. The Morgan fingerprint density at radius 2 is 1.17 bits per heavy atom. The molecule has 1 amide bonds. The maximum Gasteiger partial charge on any atom is 0.416 e. The molecule has 4 N–H and O–H groups in total. The number of halogens is 7. The van der Waals surface area contributed by atoms with Crippen LogP contribution in [0, 0.1) is 13.8 Å². The summed E-state index contributed by atoms with van der Waals surface area (Å²) in [5, 5.41) is 15.5. The number of hydrogen-bond donors (Lipinski definition) is 3. The molecule has 0 bridgehead atoms. The molecule has 0 atom stereocenters. The molecule has 0 aliphatic rings. The molecule has 4 aromatic carbocycles. The van der Waals surface area contributed by atoms with Gasteiger partial charge in [-0.25, -0.2) is 39.9 Å². The minimum absolute atomic E-state index is 0.103. The van der Waals surface area contributed by atoms with Gasteiger partial charge in [0.2, 0.25) is 0 Å². The Morgan fingerprint density at radius 3 is 1.79 bits per heavy atom. The van der Waals surface area contributed by atoms with E-state index < -0.39 is 29.4 Å². The van der Waals surface area contributed by atoms with E-state index in [0.717, 1.165) is 50.8 Å². The van der Waals surface area contributed by atoms with Crippen molar-refractivity contribution in [1.29, 1.82) is 0 Å². The number of carbonyl (C=O) groups excluding carboxylic acids is 2. The Bertz CT molecular complexity index is 3700. The number of nitrogens with zero attached hydrogens (tertiary/aromatic N) is 12. The number of alkyl halides is 6. The number of ketones is 1. The Hall–Kier alpha value is -9.06. The van der Waals surface area contributed by atoms with Gasteiger partial charge in [-0.2, -0.15) is 36.5 Å². The van der Waals surface area contributed by atoms with Crippen LogP contribution in [0.5, 0.6) is 0 Å². The van der Waals surface area contributed by atoms with Gasteiger partial charge >= 0.3 is 12.4 Å². The van der Waals surface area contributed by atoms with E-state index in [9.17, 15) is 35.9 Å². The summed E-state index contributed by atoms with van der Waals surface area (Å²) in [6.45, 7) is 3.75. The van der Waals surface area contributed by atoms with Crippen LogP contribution < -0.4 is 16.4 Å². The van der Waals surface area contributed by atoms with Crippen molar-refractivity contribution in [2.75, 3.05) is 16.4 Å². The first-order valence-corrected chi connectivity index (χ1v) is 23.0. The number of aryl methyl sites for hydroxylation is 4. The molecule has 10 aromatic rings. The normalized spacial score (nSPS) is 11.3. The predicted octanol–water partition coefficient (Wildman–Crippen LogP) is 10.7. The van der Waals surface area contributed by atoms with Crippen LogP contribution >= 0.6 is 15.9 Å². The lowest BCUT2D eigenvalue weighted by atomic mass is 9.99. The van der Waals surface area contributed by atoms with Crippen molar-refractivity contribution in [3.05, 3.63) is 178 Å². The van der Waals surface area contributed by atoms with Gasteiger partial charge in [-0.1, -0.05) is 58.4 Å². The third kappa shape index (κ3) is 12.6. The zero-order chi connectivity index (χ0) is 53.6. The molecular weight excluding hydrogens is 1050 g/mol. The molecule has 24 heteroatoms. The Kier molecular flexibility index (Phi) is 15.3. The molecular formula is C51H40BrF6N15O2. The number of fused-ring (bicyclic) bond motifs is 2. The molecule has 0 spiro atoms. The number of aromatic nitrogens is 12. The van der Waals surface area contributed by atoms with Gasteiger partial charge in [-0.3, -0.25) is 19.0 Å². The highest BCUT2D eigenvalue weighted by Gasteiger charge is 2.31. The summed E-state index contributed by atoms with van der Waals surface area (Å²) in [6.07, 6.45) is 3.58. The van der Waals surface area contributed by atoms with Gasteiger partial charge in [0.15, 0.2) is 28.7 Å². The largest absolute Gasteiger partial charge is 0.416 e. The van der Waals surface area contributed by atoms with Crippen molar-refractivity contribution in [1.82, 2.24) is 59.4 Å². The Balaban J connectivity index is 0.000000165. The molecule has 0 aliphatic carbocycles. The molecule has 0 radical (unpaired) electrons. The molecule has 0 aliphatic heterocycles. The molecule has 6 aromatic heterocycles. The van der Waals surface area contributed by atoms with Gasteiger partial charge in [0.25, 0.3) is 5.91 Å². The summed E-state index contributed by atoms with van der Waals surface area (Å²) >= 11 is 3.31. The lowest BCUT2D eigenvalue weighted by Gasteiger charge is -2.13. The smallest absolute Gasteiger partial charge is 0.383 e. The minimum atomic E-state index is -4.47. The fourth-order valence-corrected chi connectivity index (χ4v) is 7.54. The van der Waals surface area contributed by atoms with Crippen molar-refractivity contribution in [2.45, 2.75) is 32.6 Å². The summed E-state index contributed by atoms with van der Waals surface area (Å²) in [5.74, 6) is 1.01. The second-order valence-corrected chi connectivity index (χ2v) is 17.4. The van der Waals surface area contributed by atoms with Crippen LogP contribution in [0.3, 0.4) is 0 Å². The first-order valence-electron chi connectivity index (χ1n) is 22.2. The Labute approximate surface area is 430 Å². The van der Waals surface area contributed by atoms with Gasteiger partial charge in [0.05, 0.1) is 45.4 Å². The quantitative estimate of drug-likeness (QED) is 0.0904. The number of hydrogen-bond acceptors (Lipinski definition) is 14. The highest BCUT2D eigenvalue weighted by Crippen LogP contribution is 2.33. The summed E-state index contributed by atoms with van der Waals surface area (Å²) in [7, 11) is 3.57. The van der Waals surface area contributed by atoms with E-state index in [1.807, 2.05) is 13.8 Å². The number of amides is 1. The fraction of sp³-hybridized carbons (Fsp3) is 0.137. The van der Waals surface area contributed by atoms with Crippen LogP contribution in [0.2, 0.25) is 0 Å². The third-order valence-electron chi connectivity index (χ3n) is 11.2. The average Bonchev–Trinajstić information content (AvgIpc) is 3.97. The zero-order valence-corrected chi connectivity index (χ0v) is 41.4. The van der Waals surface area contributed by atoms with E-state index in [1.165, 1.54) is 36.9 Å². The second-order valence-electron chi connectivity index (χ2n) is 16.5. The van der Waals surface area contributed by atoms with Gasteiger partial charge in [-0.05, 0) is 73.0 Å². The lowest BCUT2D eigenvalue weighted by molar-refractivity contribution is -0.138. The number of nitrogens with two attached hydrogens (primary N) is 1. The average molecular weight is 1090 g/mol. The molecule has 0 fully saturated rings. The van der Waals surface area contributed by atoms with E-state index in [-0.39, 0.29) is 23.5 Å². The Morgan fingerprint density at radius 1 is 0.627 bits per heavy atom. The number of anilines is 4. The second kappa shape index (κ2) is 22.0. The molecule has 75 heavy (non-hydrogen) atoms. The summed E-state index contributed by atoms with van der Waals surface area (Å²) < 4.78 is 81.1. The van der Waals surface area contributed by atoms with Crippen molar-refractivity contribution >= 4 is 72.7 Å². The summed E-state index contributed by atoms with van der Waals surface area (Å²) in [5.41, 5.74) is 10.4. The molecule has 0 saturated carbocycles. The van der Waals surface area contributed by atoms with Crippen LogP contribution in [-0.4, -0.2) is 71.1 Å². The van der Waals surface area contributed by atoms with E-state index in [1.54, 1.807) is 97.0 Å². The van der Waals surface area contributed by atoms with Crippen LogP contribution in [0.15, 0.2) is 139 Å². The monoisotopic (exact) mass is 1090 g/mol. The molecule has 6 heterocycles. The predicted molar refractivity (Wildman–Crippen MR) is 271 cm³/mol. The minimum Gasteiger partial charge on any atom is -0.383 e. The lowest BCUT2D eigenvalue weighted by Crippen LogP contribution is -2.13. The first-order chi connectivity index (χ1) is 35.7. The van der Waals surface area contributed by atoms with E-state index >= 15 is 0 Å². The van der Waals surface area contributed by atoms with E-state index in [0.29, 0.717) is 62.3 Å².